The van der Waals surface area contributed by atoms with Crippen molar-refractivity contribution in [2.45, 2.75) is 13.8 Å². The van der Waals surface area contributed by atoms with Crippen LogP contribution in [0.3, 0.4) is 0 Å². The minimum Gasteiger partial charge on any atom is -0.409 e. The van der Waals surface area contributed by atoms with Crippen LogP contribution in [0.5, 0.6) is 0 Å². The number of oxime groups is 1. The zero-order chi connectivity index (χ0) is 12.4. The summed E-state index contributed by atoms with van der Waals surface area (Å²) in [6.45, 7) is 3.80. The van der Waals surface area contributed by atoms with Gasteiger partial charge in [-0.1, -0.05) is 5.16 Å². The summed E-state index contributed by atoms with van der Waals surface area (Å²) in [6, 6.07) is 0. The van der Waals surface area contributed by atoms with Crippen molar-refractivity contribution in [1.29, 1.82) is 0 Å². The first-order chi connectivity index (χ1) is 8.15. The molecule has 0 saturated carbocycles. The summed E-state index contributed by atoms with van der Waals surface area (Å²) in [6.07, 6.45) is 4.65. The van der Waals surface area contributed by atoms with E-state index in [4.69, 9.17) is 10.9 Å². The first-order valence-electron chi connectivity index (χ1n) is 4.95. The molecule has 0 amide bonds. The second-order valence-corrected chi connectivity index (χ2v) is 3.50. The lowest BCUT2D eigenvalue weighted by atomic mass is 10.3. The Morgan fingerprint density at radius 2 is 2.00 bits per heavy atom. The lowest BCUT2D eigenvalue weighted by Crippen LogP contribution is -2.19. The van der Waals surface area contributed by atoms with Gasteiger partial charge in [0.15, 0.2) is 17.3 Å². The van der Waals surface area contributed by atoms with Crippen molar-refractivity contribution < 1.29 is 5.21 Å². The molecule has 7 nitrogen and oxygen atoms in total. The van der Waals surface area contributed by atoms with Crippen LogP contribution in [-0.2, 0) is 0 Å². The molecule has 0 fully saturated rings. The van der Waals surface area contributed by atoms with Crippen LogP contribution >= 0.6 is 0 Å². The van der Waals surface area contributed by atoms with Gasteiger partial charge in [-0.15, -0.1) is 0 Å². The maximum absolute atomic E-state index is 8.70. The summed E-state index contributed by atoms with van der Waals surface area (Å²) in [5, 5.41) is 11.6. The summed E-state index contributed by atoms with van der Waals surface area (Å²) in [5.41, 5.74) is 7.69. The maximum Gasteiger partial charge on any atom is 0.192 e. The van der Waals surface area contributed by atoms with E-state index in [2.05, 4.69) is 20.1 Å². The number of imidazole rings is 1. The Bertz CT molecular complexity index is 574. The molecule has 2 heterocycles. The smallest absolute Gasteiger partial charge is 0.192 e. The van der Waals surface area contributed by atoms with Crippen LogP contribution < -0.4 is 5.73 Å². The van der Waals surface area contributed by atoms with Crippen LogP contribution in [0.25, 0.3) is 5.82 Å². The zero-order valence-electron chi connectivity index (χ0n) is 9.49. The molecule has 3 N–H and O–H groups in total. The van der Waals surface area contributed by atoms with Gasteiger partial charge in [-0.2, -0.15) is 0 Å². The lowest BCUT2D eigenvalue weighted by Gasteiger charge is -2.08. The van der Waals surface area contributed by atoms with Crippen LogP contribution in [0.2, 0.25) is 0 Å². The Morgan fingerprint density at radius 1 is 1.29 bits per heavy atom. The van der Waals surface area contributed by atoms with Crippen LogP contribution in [0.1, 0.15) is 17.1 Å². The second kappa shape index (κ2) is 4.20. The largest absolute Gasteiger partial charge is 0.409 e. The third kappa shape index (κ3) is 1.82. The van der Waals surface area contributed by atoms with E-state index in [-0.39, 0.29) is 5.84 Å². The molecular formula is C10H12N6O. The van der Waals surface area contributed by atoms with Gasteiger partial charge in [0, 0.05) is 18.1 Å². The van der Waals surface area contributed by atoms with E-state index >= 15 is 0 Å². The lowest BCUT2D eigenvalue weighted by molar-refractivity contribution is 0.318. The molecule has 2 aromatic rings. The van der Waals surface area contributed by atoms with Crippen LogP contribution in [0.15, 0.2) is 23.9 Å². The standard InChI is InChI=1S/C10H12N6O/c1-6-7(2)16(5-14-6)10-8(9(11)15-17)12-3-4-13-10/h3-5,17H,1-2H3,(H2,11,15). The van der Waals surface area contributed by atoms with Crippen molar-refractivity contribution >= 4 is 5.84 Å². The number of hydrogen-bond acceptors (Lipinski definition) is 5. The highest BCUT2D eigenvalue weighted by Gasteiger charge is 2.14. The van der Waals surface area contributed by atoms with Crippen molar-refractivity contribution in [3.05, 3.63) is 35.8 Å². The topological polar surface area (TPSA) is 102 Å². The number of aromatic nitrogens is 4. The molecule has 0 aromatic carbocycles. The van der Waals surface area contributed by atoms with Crippen molar-refractivity contribution in [3.8, 4) is 5.82 Å². The maximum atomic E-state index is 8.70. The van der Waals surface area contributed by atoms with Gasteiger partial charge >= 0.3 is 0 Å². The summed E-state index contributed by atoms with van der Waals surface area (Å²) in [5.74, 6) is 0.403. The molecule has 0 aliphatic carbocycles. The van der Waals surface area contributed by atoms with Crippen molar-refractivity contribution in [2.24, 2.45) is 10.9 Å². The number of hydrogen-bond donors (Lipinski definition) is 2. The van der Waals surface area contributed by atoms with E-state index in [1.165, 1.54) is 12.4 Å². The van der Waals surface area contributed by atoms with Crippen LogP contribution in [-0.4, -0.2) is 30.6 Å². The van der Waals surface area contributed by atoms with E-state index < -0.39 is 0 Å². The Morgan fingerprint density at radius 3 is 2.59 bits per heavy atom. The molecule has 0 radical (unpaired) electrons. The average molecular weight is 232 g/mol. The summed E-state index contributed by atoms with van der Waals surface area (Å²) in [7, 11) is 0. The van der Waals surface area contributed by atoms with Crippen molar-refractivity contribution in [3.63, 3.8) is 0 Å². The predicted molar refractivity (Wildman–Crippen MR) is 61.1 cm³/mol. The predicted octanol–water partition coefficient (Wildman–Crippen LogP) is 0.374. The Kier molecular flexibility index (Phi) is 2.73. The fraction of sp³-hybridized carbons (Fsp3) is 0.200. The molecule has 0 unspecified atom stereocenters. The van der Waals surface area contributed by atoms with Gasteiger partial charge in [0.05, 0.1) is 5.69 Å². The average Bonchev–Trinajstić information content (AvgIpc) is 2.69. The third-order valence-electron chi connectivity index (χ3n) is 2.51. The van der Waals surface area contributed by atoms with Crippen LogP contribution in [0.4, 0.5) is 0 Å². The zero-order valence-corrected chi connectivity index (χ0v) is 9.49. The monoisotopic (exact) mass is 232 g/mol. The number of nitrogens with two attached hydrogens (primary N) is 1. The fourth-order valence-electron chi connectivity index (χ4n) is 1.45. The second-order valence-electron chi connectivity index (χ2n) is 3.50. The van der Waals surface area contributed by atoms with E-state index in [1.54, 1.807) is 10.9 Å². The quantitative estimate of drug-likeness (QED) is 0.337. The molecular weight excluding hydrogens is 220 g/mol. The highest BCUT2D eigenvalue weighted by Crippen LogP contribution is 2.13. The minimum atomic E-state index is -0.0844. The number of amidine groups is 1. The molecule has 0 bridgehead atoms. The summed E-state index contributed by atoms with van der Waals surface area (Å²) >= 11 is 0. The van der Waals surface area contributed by atoms with E-state index in [1.807, 2.05) is 13.8 Å². The molecule has 88 valence electrons. The van der Waals surface area contributed by atoms with Crippen LogP contribution in [0, 0.1) is 13.8 Å². The third-order valence-corrected chi connectivity index (χ3v) is 2.51. The fourth-order valence-corrected chi connectivity index (χ4v) is 1.45. The van der Waals surface area contributed by atoms with Gasteiger partial charge in [-0.3, -0.25) is 4.57 Å². The molecule has 0 aliphatic heterocycles. The number of rotatable bonds is 2. The molecule has 0 aliphatic rings. The molecule has 0 saturated heterocycles. The number of aryl methyl sites for hydroxylation is 1. The van der Waals surface area contributed by atoms with Gasteiger partial charge in [-0.05, 0) is 13.8 Å². The minimum absolute atomic E-state index is 0.0844. The van der Waals surface area contributed by atoms with Gasteiger partial charge in [0.2, 0.25) is 0 Å². The molecule has 0 atom stereocenters. The Labute approximate surface area is 97.6 Å². The molecule has 17 heavy (non-hydrogen) atoms. The first kappa shape index (κ1) is 11.1. The molecule has 2 rings (SSSR count). The SMILES string of the molecule is Cc1ncn(-c2nccnc2C(N)=NO)c1C. The summed E-state index contributed by atoms with van der Waals surface area (Å²) < 4.78 is 1.75. The van der Waals surface area contributed by atoms with E-state index in [9.17, 15) is 0 Å². The molecule has 7 heteroatoms. The van der Waals surface area contributed by atoms with Gasteiger partial charge in [0.1, 0.15) is 6.33 Å². The van der Waals surface area contributed by atoms with Gasteiger partial charge in [0.25, 0.3) is 0 Å². The van der Waals surface area contributed by atoms with E-state index in [0.717, 1.165) is 11.4 Å². The Hall–Kier alpha value is -2.44. The highest BCUT2D eigenvalue weighted by atomic mass is 16.4. The van der Waals surface area contributed by atoms with Gasteiger partial charge in [-0.25, -0.2) is 15.0 Å². The first-order valence-corrected chi connectivity index (χ1v) is 4.95. The summed E-state index contributed by atoms with van der Waals surface area (Å²) in [4.78, 5) is 12.4. The van der Waals surface area contributed by atoms with Crippen molar-refractivity contribution in [2.75, 3.05) is 0 Å². The van der Waals surface area contributed by atoms with Crippen molar-refractivity contribution in [1.82, 2.24) is 19.5 Å². The molecule has 2 aromatic heterocycles. The normalized spacial score (nSPS) is 11.8. The number of nitrogens with zero attached hydrogens (tertiary/aromatic N) is 5. The highest BCUT2D eigenvalue weighted by molar-refractivity contribution is 5.97. The van der Waals surface area contributed by atoms with E-state index in [0.29, 0.717) is 11.5 Å². The Balaban J connectivity index is 2.64. The molecule has 0 spiro atoms. The van der Waals surface area contributed by atoms with Gasteiger partial charge < -0.3 is 10.9 Å².